The Morgan fingerprint density at radius 1 is 0.588 bits per heavy atom. The van der Waals surface area contributed by atoms with Crippen LogP contribution < -0.4 is 10.6 Å². The van der Waals surface area contributed by atoms with Gasteiger partial charge in [0.15, 0.2) is 25.2 Å². The van der Waals surface area contributed by atoms with Crippen molar-refractivity contribution in [2.45, 2.75) is 179 Å². The maximum absolute atomic E-state index is 12.7. The molecule has 0 aromatic rings. The second-order valence-corrected chi connectivity index (χ2v) is 16.9. The van der Waals surface area contributed by atoms with Crippen LogP contribution in [0.3, 0.4) is 0 Å². The Kier molecular flexibility index (Phi) is 19.7. The molecule has 5 aliphatic rings. The number of carbonyl (C=O) groups excluding carboxylic acids is 2. The number of aliphatic hydroxyl groups excluding tert-OH is 16. The first-order valence-corrected chi connectivity index (χ1v) is 21.2. The lowest BCUT2D eigenvalue weighted by atomic mass is 9.88. The van der Waals surface area contributed by atoms with E-state index in [4.69, 9.17) is 42.6 Å². The summed E-state index contributed by atoms with van der Waals surface area (Å²) >= 11 is 0. The Bertz CT molecular complexity index is 1660. The average Bonchev–Trinajstić information content (AvgIpc) is 3.29. The van der Waals surface area contributed by atoms with Gasteiger partial charge < -0.3 is 140 Å². The molecule has 31 nitrogen and oxygen atoms in total. The van der Waals surface area contributed by atoms with E-state index in [2.05, 4.69) is 10.6 Å². The Morgan fingerprint density at radius 3 is 1.66 bits per heavy atom. The van der Waals surface area contributed by atoms with Crippen LogP contribution in [0, 0.1) is 0 Å². The van der Waals surface area contributed by atoms with Crippen LogP contribution in [-0.2, 0) is 57.0 Å². The number of aliphatic hydroxyl groups is 16. The highest BCUT2D eigenvalue weighted by atomic mass is 16.8. The summed E-state index contributed by atoms with van der Waals surface area (Å²) < 4.78 is 50.5. The molecule has 2 unspecified atom stereocenters. The zero-order valence-electron chi connectivity index (χ0n) is 36.2. The molecule has 31 heteroatoms. The van der Waals surface area contributed by atoms with Gasteiger partial charge in [-0.2, -0.15) is 0 Å². The molecule has 68 heavy (non-hydrogen) atoms. The van der Waals surface area contributed by atoms with Crippen LogP contribution in [0.2, 0.25) is 0 Å². The van der Waals surface area contributed by atoms with Crippen molar-refractivity contribution in [1.82, 2.24) is 10.6 Å². The number of hydrogen-bond donors (Lipinski definition) is 19. The monoisotopic (exact) mass is 998 g/mol. The highest BCUT2D eigenvalue weighted by molar-refractivity contribution is 5.76. The number of amides is 2. The number of carboxylic acids is 1. The Balaban J connectivity index is 1.39. The molecule has 0 spiro atoms. The van der Waals surface area contributed by atoms with E-state index in [9.17, 15) is 101 Å². The summed E-state index contributed by atoms with van der Waals surface area (Å²) in [5, 5.41) is 184. The lowest BCUT2D eigenvalue weighted by Gasteiger charge is -2.50. The van der Waals surface area contributed by atoms with E-state index in [0.29, 0.717) is 0 Å². The largest absolute Gasteiger partial charge is 0.477 e. The highest BCUT2D eigenvalue weighted by Gasteiger charge is 2.59. The molecule has 0 aromatic heterocycles. The van der Waals surface area contributed by atoms with Crippen molar-refractivity contribution < 1.29 is 144 Å². The smallest absolute Gasteiger partial charge is 0.364 e. The lowest BCUT2D eigenvalue weighted by Crippen LogP contribution is -2.70. The fourth-order valence-corrected chi connectivity index (χ4v) is 8.42. The van der Waals surface area contributed by atoms with Gasteiger partial charge in [0.2, 0.25) is 11.8 Å². The second-order valence-electron chi connectivity index (χ2n) is 16.9. The molecule has 0 aliphatic carbocycles. The van der Waals surface area contributed by atoms with Crippen molar-refractivity contribution >= 4 is 17.8 Å². The third-order valence-electron chi connectivity index (χ3n) is 12.1. The van der Waals surface area contributed by atoms with Crippen LogP contribution in [0.1, 0.15) is 20.3 Å². The van der Waals surface area contributed by atoms with Gasteiger partial charge in [0.1, 0.15) is 116 Å². The van der Waals surface area contributed by atoms with Crippen molar-refractivity contribution in [3.05, 3.63) is 0 Å². The average molecular weight is 999 g/mol. The topological polar surface area (TPSA) is 502 Å². The summed E-state index contributed by atoms with van der Waals surface area (Å²) in [6, 6.07) is -3.40. The van der Waals surface area contributed by atoms with E-state index >= 15 is 0 Å². The molecule has 394 valence electrons. The molecule has 0 radical (unpaired) electrons. The normalized spacial score (nSPS) is 46.6. The third kappa shape index (κ3) is 12.0. The van der Waals surface area contributed by atoms with Gasteiger partial charge in [-0.05, 0) is 0 Å². The summed E-state index contributed by atoms with van der Waals surface area (Å²) in [6.45, 7) is -3.16. The zero-order chi connectivity index (χ0) is 50.7. The van der Waals surface area contributed by atoms with E-state index in [-0.39, 0.29) is 0 Å². The molecule has 26 atom stereocenters. The first-order valence-electron chi connectivity index (χ1n) is 21.2. The number of carbonyl (C=O) groups is 3. The van der Waals surface area contributed by atoms with Crippen LogP contribution in [0.4, 0.5) is 0 Å². The first-order chi connectivity index (χ1) is 31.9. The van der Waals surface area contributed by atoms with Crippen LogP contribution in [0.25, 0.3) is 0 Å². The van der Waals surface area contributed by atoms with Crippen LogP contribution >= 0.6 is 0 Å². The standard InChI is InChI=1S/C37H62N2O29/c1-9(44)38-17-11(46)3-37(36(58)59,68-30(17)19(48)12(47)4-40)60-8-16-20(49)23(52)26(55)34(64-16)66-29-18(39-10(2)45)33(62-13(5-41)21(29)50)67-31-22(51)14(6-42)63-35(27(31)56)65-28-15(7-43)61-32(57)25(54)24(28)53/h11-35,40-43,46-57H,3-8H2,1-2H3,(H,38,44)(H,39,45)(H,58,59)/t11-,12+,13+,14+,15+,16+,17+,18-,19+,20-,21+,22-,23-,24+,25+,26+,27+,28?,29+,30+,31-,32?,33-,34-,35-,37+/m0/s1. The van der Waals surface area contributed by atoms with Crippen LogP contribution in [-0.4, -0.2) is 297 Å². The maximum Gasteiger partial charge on any atom is 0.364 e. The summed E-state index contributed by atoms with van der Waals surface area (Å²) in [5.41, 5.74) is 0. The van der Waals surface area contributed by atoms with Gasteiger partial charge in [0, 0.05) is 20.3 Å². The predicted molar refractivity (Wildman–Crippen MR) is 207 cm³/mol. The fourth-order valence-electron chi connectivity index (χ4n) is 8.42. The number of carboxylic acid groups (broad SMARTS) is 1. The minimum absolute atomic E-state index is 0.782. The molecule has 5 heterocycles. The fraction of sp³-hybridized carbons (Fsp3) is 0.919. The molecule has 19 N–H and O–H groups in total. The summed E-state index contributed by atoms with van der Waals surface area (Å²) in [4.78, 5) is 37.3. The van der Waals surface area contributed by atoms with Gasteiger partial charge in [0.05, 0.1) is 45.2 Å². The molecule has 5 aliphatic heterocycles. The van der Waals surface area contributed by atoms with Crippen molar-refractivity contribution in [1.29, 1.82) is 0 Å². The van der Waals surface area contributed by atoms with Gasteiger partial charge in [-0.25, -0.2) is 4.79 Å². The minimum atomic E-state index is -2.98. The molecular weight excluding hydrogens is 936 g/mol. The Labute approximate surface area is 384 Å². The highest BCUT2D eigenvalue weighted by Crippen LogP contribution is 2.37. The summed E-state index contributed by atoms with van der Waals surface area (Å²) in [7, 11) is 0. The van der Waals surface area contributed by atoms with Crippen LogP contribution in [0.5, 0.6) is 0 Å². The molecular formula is C37H62N2O29. The molecule has 5 saturated heterocycles. The molecule has 5 fully saturated rings. The van der Waals surface area contributed by atoms with E-state index in [1.807, 2.05) is 0 Å². The van der Waals surface area contributed by atoms with Crippen LogP contribution in [0.15, 0.2) is 0 Å². The number of aliphatic carboxylic acids is 1. The Morgan fingerprint density at radius 2 is 1.10 bits per heavy atom. The lowest BCUT2D eigenvalue weighted by molar-refractivity contribution is -0.381. The molecule has 5 rings (SSSR count). The zero-order valence-corrected chi connectivity index (χ0v) is 36.2. The third-order valence-corrected chi connectivity index (χ3v) is 12.1. The van der Waals surface area contributed by atoms with Crippen molar-refractivity contribution in [2.75, 3.05) is 33.0 Å². The van der Waals surface area contributed by atoms with E-state index < -0.39 is 216 Å². The van der Waals surface area contributed by atoms with Crippen molar-refractivity contribution in [2.24, 2.45) is 0 Å². The quantitative estimate of drug-likeness (QED) is 0.0606. The molecule has 0 bridgehead atoms. The summed E-state index contributed by atoms with van der Waals surface area (Å²) in [5.74, 6) is -6.62. The van der Waals surface area contributed by atoms with Gasteiger partial charge in [-0.15, -0.1) is 0 Å². The number of ether oxygens (including phenoxy) is 9. The van der Waals surface area contributed by atoms with E-state index in [0.717, 1.165) is 13.8 Å². The molecule has 2 amide bonds. The van der Waals surface area contributed by atoms with E-state index in [1.165, 1.54) is 0 Å². The molecule has 0 saturated carbocycles. The van der Waals surface area contributed by atoms with Crippen molar-refractivity contribution in [3.8, 4) is 0 Å². The molecule has 0 aromatic carbocycles. The van der Waals surface area contributed by atoms with Gasteiger partial charge in [0.25, 0.3) is 5.79 Å². The van der Waals surface area contributed by atoms with Gasteiger partial charge in [-0.3, -0.25) is 9.59 Å². The van der Waals surface area contributed by atoms with Gasteiger partial charge in [-0.1, -0.05) is 0 Å². The van der Waals surface area contributed by atoms with Gasteiger partial charge >= 0.3 is 5.97 Å². The summed E-state index contributed by atoms with van der Waals surface area (Å²) in [6.07, 6.45) is -46.5. The number of rotatable bonds is 18. The SMILES string of the molecule is CC(=O)N[C@@H]1[C@H](O[C@H]2[C@@H](O)[C@@H](CO)O[C@@H](OC3[C@@H](CO)OC(O)[C@H](O)[C@H]3O)[C@@H]2O)O[C@H](CO)[C@@H](O)[C@@H]1O[C@@H]1O[C@H](CO[C@]2(C(=O)O)C[C@H](O)[C@@H](NC(C)=O)[C@H]([C@H](O)[C@H](O)CO)O2)[C@H](O)[C@H](O)[C@H]1O. The Hall–Kier alpha value is -2.59. The number of hydrogen-bond acceptors (Lipinski definition) is 28. The predicted octanol–water partition coefficient (Wildman–Crippen LogP) is -12.4. The van der Waals surface area contributed by atoms with E-state index in [1.54, 1.807) is 0 Å². The maximum atomic E-state index is 12.7. The first kappa shape index (κ1) is 56.3. The van der Waals surface area contributed by atoms with Crippen molar-refractivity contribution in [3.63, 3.8) is 0 Å². The number of nitrogens with one attached hydrogen (secondary N) is 2. The second kappa shape index (κ2) is 23.8. The minimum Gasteiger partial charge on any atom is -0.477 e.